The van der Waals surface area contributed by atoms with Crippen LogP contribution in [0.2, 0.25) is 0 Å². The zero-order chi connectivity index (χ0) is 25.5. The van der Waals surface area contributed by atoms with Crippen LogP contribution in [0.4, 0.5) is 0 Å². The molecule has 2 aliphatic heterocycles. The topological polar surface area (TPSA) is 185 Å². The van der Waals surface area contributed by atoms with E-state index >= 15 is 0 Å². The molecule has 1 saturated heterocycles. The second-order valence-corrected chi connectivity index (χ2v) is 9.16. The van der Waals surface area contributed by atoms with E-state index in [1.54, 1.807) is 6.08 Å². The molecule has 35 heavy (non-hydrogen) atoms. The normalized spacial score (nSPS) is 40.6. The Bertz CT molecular complexity index is 946. The average molecular weight is 498 g/mol. The predicted molar refractivity (Wildman–Crippen MR) is 115 cm³/mol. The van der Waals surface area contributed by atoms with Crippen LogP contribution in [-0.4, -0.2) is 99.0 Å². The van der Waals surface area contributed by atoms with Gasteiger partial charge < -0.3 is 54.3 Å². The highest BCUT2D eigenvalue weighted by atomic mass is 16.8. The Balaban J connectivity index is 1.50. The number of phenolic OH excluding ortho intramolecular Hbond substituents is 1. The Morgan fingerprint density at radius 3 is 2.60 bits per heavy atom. The van der Waals surface area contributed by atoms with Gasteiger partial charge in [-0.1, -0.05) is 0 Å². The summed E-state index contributed by atoms with van der Waals surface area (Å²) in [6.07, 6.45) is -6.40. The van der Waals surface area contributed by atoms with Gasteiger partial charge >= 0.3 is 5.97 Å². The van der Waals surface area contributed by atoms with Crippen molar-refractivity contribution in [2.75, 3.05) is 13.7 Å². The molecule has 1 aromatic carbocycles. The van der Waals surface area contributed by atoms with Gasteiger partial charge in [-0.2, -0.15) is 0 Å². The van der Waals surface area contributed by atoms with Crippen molar-refractivity contribution in [3.8, 4) is 11.5 Å². The first-order valence-electron chi connectivity index (χ1n) is 11.2. The van der Waals surface area contributed by atoms with Crippen LogP contribution in [0.25, 0.3) is 0 Å². The summed E-state index contributed by atoms with van der Waals surface area (Å²) >= 11 is 0. The van der Waals surface area contributed by atoms with E-state index in [1.807, 2.05) is 0 Å². The van der Waals surface area contributed by atoms with Crippen LogP contribution in [0.5, 0.6) is 11.5 Å². The number of methoxy groups -OCH3 is 1. The summed E-state index contributed by atoms with van der Waals surface area (Å²) in [5.74, 6) is -2.00. The van der Waals surface area contributed by atoms with E-state index in [9.17, 15) is 35.4 Å². The second-order valence-electron chi connectivity index (χ2n) is 9.16. The van der Waals surface area contributed by atoms with Gasteiger partial charge in [0.25, 0.3) is 0 Å². The number of aliphatic hydroxyl groups is 5. The first-order valence-corrected chi connectivity index (χ1v) is 11.2. The Labute approximate surface area is 200 Å². The van der Waals surface area contributed by atoms with Crippen molar-refractivity contribution < 1.29 is 59.1 Å². The minimum absolute atomic E-state index is 0.0472. The van der Waals surface area contributed by atoms with Crippen LogP contribution in [0.15, 0.2) is 30.5 Å². The largest absolute Gasteiger partial charge is 0.504 e. The second kappa shape index (κ2) is 9.90. The predicted octanol–water partition coefficient (Wildman–Crippen LogP) is -1.00. The maximum absolute atomic E-state index is 12.8. The van der Waals surface area contributed by atoms with Crippen LogP contribution in [0.1, 0.15) is 23.7 Å². The van der Waals surface area contributed by atoms with Crippen LogP contribution >= 0.6 is 0 Å². The molecule has 0 spiro atoms. The monoisotopic (exact) mass is 498 g/mol. The van der Waals surface area contributed by atoms with Gasteiger partial charge in [-0.15, -0.1) is 0 Å². The van der Waals surface area contributed by atoms with Gasteiger partial charge in [0.1, 0.15) is 30.5 Å². The minimum Gasteiger partial charge on any atom is -0.504 e. The lowest BCUT2D eigenvalue weighted by molar-refractivity contribution is -0.346. The zero-order valence-electron chi connectivity index (χ0n) is 19.1. The number of fused-ring (bicyclic) bond motifs is 1. The highest BCUT2D eigenvalue weighted by Gasteiger charge is 2.58. The number of aromatic hydroxyl groups is 1. The summed E-state index contributed by atoms with van der Waals surface area (Å²) in [5.41, 5.74) is -1.28. The summed E-state index contributed by atoms with van der Waals surface area (Å²) in [6.45, 7) is 0.911. The summed E-state index contributed by atoms with van der Waals surface area (Å²) < 4.78 is 27.4. The van der Waals surface area contributed by atoms with Crippen molar-refractivity contribution in [2.45, 2.75) is 62.0 Å². The van der Waals surface area contributed by atoms with Crippen LogP contribution in [0, 0.1) is 11.8 Å². The molecular weight excluding hydrogens is 468 g/mol. The Morgan fingerprint density at radius 2 is 1.91 bits per heavy atom. The van der Waals surface area contributed by atoms with Crippen molar-refractivity contribution in [1.29, 1.82) is 0 Å². The van der Waals surface area contributed by atoms with E-state index in [0.29, 0.717) is 0 Å². The lowest BCUT2D eigenvalue weighted by Gasteiger charge is -2.43. The molecule has 10 atom stereocenters. The molecule has 0 aromatic heterocycles. The molecule has 2 fully saturated rings. The van der Waals surface area contributed by atoms with E-state index in [0.717, 1.165) is 0 Å². The fourth-order valence-corrected chi connectivity index (χ4v) is 4.90. The smallest absolute Gasteiger partial charge is 0.338 e. The van der Waals surface area contributed by atoms with Gasteiger partial charge in [0.2, 0.25) is 6.29 Å². The molecule has 4 rings (SSSR count). The van der Waals surface area contributed by atoms with E-state index < -0.39 is 73.1 Å². The molecule has 2 heterocycles. The molecule has 0 bridgehead atoms. The third-order valence-electron chi connectivity index (χ3n) is 6.77. The van der Waals surface area contributed by atoms with Gasteiger partial charge in [-0.05, 0) is 31.2 Å². The zero-order valence-corrected chi connectivity index (χ0v) is 19.1. The van der Waals surface area contributed by atoms with Crippen molar-refractivity contribution in [1.82, 2.24) is 0 Å². The molecule has 6 N–H and O–H groups in total. The first kappa shape index (κ1) is 25.6. The molecular formula is C23H30O12. The lowest BCUT2D eigenvalue weighted by atomic mass is 9.85. The summed E-state index contributed by atoms with van der Waals surface area (Å²) in [6, 6.07) is 4.03. The maximum Gasteiger partial charge on any atom is 0.338 e. The highest BCUT2D eigenvalue weighted by Crippen LogP contribution is 2.48. The number of carbonyl (C=O) groups is 1. The molecule has 3 aliphatic rings. The summed E-state index contributed by atoms with van der Waals surface area (Å²) in [5, 5.41) is 60.6. The number of phenols is 1. The molecule has 1 aromatic rings. The van der Waals surface area contributed by atoms with Crippen LogP contribution in [0.3, 0.4) is 0 Å². The van der Waals surface area contributed by atoms with Crippen molar-refractivity contribution in [3.05, 3.63) is 36.1 Å². The number of benzene rings is 1. The van der Waals surface area contributed by atoms with E-state index in [2.05, 4.69) is 0 Å². The fraction of sp³-hybridized carbons (Fsp3) is 0.609. The maximum atomic E-state index is 12.8. The van der Waals surface area contributed by atoms with Crippen LogP contribution < -0.4 is 4.74 Å². The average Bonchev–Trinajstić information content (AvgIpc) is 3.09. The van der Waals surface area contributed by atoms with Gasteiger partial charge in [-0.25, -0.2) is 4.79 Å². The van der Waals surface area contributed by atoms with Crippen molar-refractivity contribution >= 4 is 5.97 Å². The quantitative estimate of drug-likeness (QED) is 0.263. The standard InChI is InChI=1S/C23H30O12/c1-23(30)8-14(33-20(29)10-3-4-12(25)13(7-10)31-2)11-5-6-32-21(16(11)23)35-22-19(28)18(27)17(26)15(9-24)34-22/h3-7,11,14-19,21-22,24-28,30H,8-9H2,1-2H3/t11-,14+,15+,16+,17+,18-,19+,21-,22+,23-/m0/s1. The number of hydrogen-bond acceptors (Lipinski definition) is 12. The molecule has 0 unspecified atom stereocenters. The third-order valence-corrected chi connectivity index (χ3v) is 6.77. The number of aliphatic hydroxyl groups excluding tert-OH is 4. The van der Waals surface area contributed by atoms with E-state index in [1.165, 1.54) is 38.5 Å². The fourth-order valence-electron chi connectivity index (χ4n) is 4.90. The molecule has 0 amide bonds. The first-order chi connectivity index (χ1) is 16.6. The SMILES string of the molecule is COc1cc(C(=O)O[C@@H]2C[C@](C)(O)[C@H]3[C@H](O[C@H]4O[C@H](CO)[C@@H](O)[C@H](O)[C@H]4O)OC=C[C@H]32)ccc1O. The summed E-state index contributed by atoms with van der Waals surface area (Å²) in [7, 11) is 1.35. The lowest BCUT2D eigenvalue weighted by Crippen LogP contribution is -2.60. The van der Waals surface area contributed by atoms with E-state index in [4.69, 9.17) is 23.7 Å². The Hall–Kier alpha value is -2.45. The van der Waals surface area contributed by atoms with Gasteiger partial charge in [0, 0.05) is 12.3 Å². The molecule has 0 radical (unpaired) electrons. The van der Waals surface area contributed by atoms with Crippen molar-refractivity contribution in [2.24, 2.45) is 11.8 Å². The van der Waals surface area contributed by atoms with Gasteiger partial charge in [0.15, 0.2) is 17.8 Å². The Morgan fingerprint density at radius 1 is 1.17 bits per heavy atom. The highest BCUT2D eigenvalue weighted by molar-refractivity contribution is 5.90. The third kappa shape index (κ3) is 4.83. The molecule has 12 nitrogen and oxygen atoms in total. The van der Waals surface area contributed by atoms with Gasteiger partial charge in [0.05, 0.1) is 37.1 Å². The number of rotatable bonds is 6. The number of carbonyl (C=O) groups excluding carboxylic acids is 1. The van der Waals surface area contributed by atoms with Crippen LogP contribution in [-0.2, 0) is 18.9 Å². The number of ether oxygens (including phenoxy) is 5. The number of hydrogen-bond donors (Lipinski definition) is 6. The Kier molecular flexibility index (Phi) is 7.25. The molecule has 1 aliphatic carbocycles. The minimum atomic E-state index is -1.65. The van der Waals surface area contributed by atoms with E-state index in [-0.39, 0.29) is 23.5 Å². The molecule has 194 valence electrons. The molecule has 1 saturated carbocycles. The van der Waals surface area contributed by atoms with Gasteiger partial charge in [-0.3, -0.25) is 0 Å². The summed E-state index contributed by atoms with van der Waals surface area (Å²) in [4.78, 5) is 12.8. The van der Waals surface area contributed by atoms with Crippen molar-refractivity contribution in [3.63, 3.8) is 0 Å². The number of esters is 1. The molecule has 12 heteroatoms.